The van der Waals surface area contributed by atoms with Crippen molar-refractivity contribution < 1.29 is 14.6 Å². The minimum Gasteiger partial charge on any atom is -0.480 e. The Bertz CT molecular complexity index is 345. The van der Waals surface area contributed by atoms with Gasteiger partial charge in [0.1, 0.15) is 6.04 Å². The molecular formula is C13H19NO3. The first-order valence-electron chi connectivity index (χ1n) is 5.79. The highest BCUT2D eigenvalue weighted by molar-refractivity contribution is 5.73. The van der Waals surface area contributed by atoms with Gasteiger partial charge in [-0.3, -0.25) is 4.79 Å². The standard InChI is InChI=1S/C13H19NO3/c1-2-8-17-11-5-3-4-10(6-7-11)9-12(14)13(15)16/h3-7,11-12H,2,8-9,14H2,1H3,(H,15,16). The predicted octanol–water partition coefficient (Wildman–Crippen LogP) is 1.64. The van der Waals surface area contributed by atoms with E-state index >= 15 is 0 Å². The van der Waals surface area contributed by atoms with Crippen molar-refractivity contribution in [3.8, 4) is 0 Å². The van der Waals surface area contributed by atoms with Crippen LogP contribution in [0.4, 0.5) is 0 Å². The van der Waals surface area contributed by atoms with Crippen LogP contribution in [0.1, 0.15) is 19.8 Å². The van der Waals surface area contributed by atoms with Crippen molar-refractivity contribution in [1.29, 1.82) is 0 Å². The maximum Gasteiger partial charge on any atom is 0.320 e. The van der Waals surface area contributed by atoms with E-state index in [0.717, 1.165) is 12.0 Å². The molecule has 0 bridgehead atoms. The number of aliphatic carboxylic acids is 1. The van der Waals surface area contributed by atoms with E-state index in [1.165, 1.54) is 0 Å². The Morgan fingerprint density at radius 1 is 1.59 bits per heavy atom. The van der Waals surface area contributed by atoms with Crippen molar-refractivity contribution in [2.45, 2.75) is 31.9 Å². The van der Waals surface area contributed by atoms with Crippen LogP contribution >= 0.6 is 0 Å². The molecule has 17 heavy (non-hydrogen) atoms. The summed E-state index contributed by atoms with van der Waals surface area (Å²) in [6.07, 6.45) is 10.7. The second-order valence-corrected chi connectivity index (χ2v) is 3.97. The van der Waals surface area contributed by atoms with Gasteiger partial charge in [-0.05, 0) is 18.4 Å². The first-order chi connectivity index (χ1) is 8.13. The number of rotatable bonds is 6. The zero-order valence-electron chi connectivity index (χ0n) is 10.0. The highest BCUT2D eigenvalue weighted by Crippen LogP contribution is 2.12. The number of carbonyl (C=O) groups is 1. The minimum atomic E-state index is -0.980. The van der Waals surface area contributed by atoms with Crippen LogP contribution in [0.15, 0.2) is 36.0 Å². The second-order valence-electron chi connectivity index (χ2n) is 3.97. The fourth-order valence-electron chi connectivity index (χ4n) is 1.47. The van der Waals surface area contributed by atoms with Crippen molar-refractivity contribution in [2.24, 2.45) is 5.73 Å². The smallest absolute Gasteiger partial charge is 0.320 e. The van der Waals surface area contributed by atoms with Crippen molar-refractivity contribution in [3.63, 3.8) is 0 Å². The zero-order valence-corrected chi connectivity index (χ0v) is 10.0. The average Bonchev–Trinajstić information content (AvgIpc) is 2.52. The van der Waals surface area contributed by atoms with Crippen LogP contribution in [0, 0.1) is 0 Å². The van der Waals surface area contributed by atoms with Gasteiger partial charge in [-0.1, -0.05) is 37.3 Å². The molecule has 2 atom stereocenters. The normalized spacial score (nSPS) is 20.8. The monoisotopic (exact) mass is 237 g/mol. The van der Waals surface area contributed by atoms with E-state index in [0.29, 0.717) is 13.0 Å². The summed E-state index contributed by atoms with van der Waals surface area (Å²) in [6, 6.07) is -0.854. The van der Waals surface area contributed by atoms with Gasteiger partial charge in [0.05, 0.1) is 6.10 Å². The Labute approximate surface area is 101 Å². The summed E-state index contributed by atoms with van der Waals surface area (Å²) >= 11 is 0. The quantitative estimate of drug-likeness (QED) is 0.736. The molecule has 0 heterocycles. The molecule has 0 aromatic carbocycles. The highest BCUT2D eigenvalue weighted by atomic mass is 16.5. The molecule has 4 heteroatoms. The van der Waals surface area contributed by atoms with Gasteiger partial charge in [0, 0.05) is 6.61 Å². The van der Waals surface area contributed by atoms with Crippen LogP contribution in [0.5, 0.6) is 0 Å². The number of hydrogen-bond donors (Lipinski definition) is 2. The van der Waals surface area contributed by atoms with Gasteiger partial charge in [0.15, 0.2) is 0 Å². The summed E-state index contributed by atoms with van der Waals surface area (Å²) < 4.78 is 5.56. The van der Waals surface area contributed by atoms with Crippen LogP contribution in [-0.2, 0) is 9.53 Å². The molecule has 0 amide bonds. The summed E-state index contributed by atoms with van der Waals surface area (Å²) in [4.78, 5) is 10.6. The van der Waals surface area contributed by atoms with Crippen molar-refractivity contribution >= 4 is 5.97 Å². The van der Waals surface area contributed by atoms with Gasteiger partial charge in [0.25, 0.3) is 0 Å². The van der Waals surface area contributed by atoms with E-state index < -0.39 is 12.0 Å². The Hall–Kier alpha value is -1.39. The lowest BCUT2D eigenvalue weighted by Gasteiger charge is -2.08. The summed E-state index contributed by atoms with van der Waals surface area (Å²) in [5.41, 5.74) is 6.39. The number of carboxylic acid groups (broad SMARTS) is 1. The summed E-state index contributed by atoms with van der Waals surface area (Å²) in [5, 5.41) is 8.73. The van der Waals surface area contributed by atoms with Gasteiger partial charge in [-0.25, -0.2) is 0 Å². The minimum absolute atomic E-state index is 0.0373. The van der Waals surface area contributed by atoms with Gasteiger partial charge in [-0.2, -0.15) is 0 Å². The van der Waals surface area contributed by atoms with Crippen LogP contribution < -0.4 is 5.73 Å². The Morgan fingerprint density at radius 3 is 3.00 bits per heavy atom. The van der Waals surface area contributed by atoms with Crippen molar-refractivity contribution in [1.82, 2.24) is 0 Å². The largest absolute Gasteiger partial charge is 0.480 e. The lowest BCUT2D eigenvalue weighted by atomic mass is 10.1. The molecule has 2 unspecified atom stereocenters. The molecular weight excluding hydrogens is 218 g/mol. The molecule has 3 N–H and O–H groups in total. The summed E-state index contributed by atoms with van der Waals surface area (Å²) in [6.45, 7) is 2.77. The third-order valence-corrected chi connectivity index (χ3v) is 2.40. The molecule has 0 aliphatic heterocycles. The average molecular weight is 237 g/mol. The molecule has 0 aromatic heterocycles. The van der Waals surface area contributed by atoms with E-state index in [4.69, 9.17) is 15.6 Å². The van der Waals surface area contributed by atoms with Gasteiger partial charge < -0.3 is 15.6 Å². The Balaban J connectivity index is 2.52. The fourth-order valence-corrected chi connectivity index (χ4v) is 1.47. The molecule has 0 fully saturated rings. The van der Waals surface area contributed by atoms with Gasteiger partial charge in [0.2, 0.25) is 0 Å². The number of hydrogen-bond acceptors (Lipinski definition) is 3. The molecule has 0 radical (unpaired) electrons. The lowest BCUT2D eigenvalue weighted by molar-refractivity contribution is -0.138. The zero-order chi connectivity index (χ0) is 12.7. The molecule has 1 aliphatic carbocycles. The van der Waals surface area contributed by atoms with E-state index in [2.05, 4.69) is 6.92 Å². The molecule has 0 saturated carbocycles. The first-order valence-corrected chi connectivity index (χ1v) is 5.79. The molecule has 1 rings (SSSR count). The van der Waals surface area contributed by atoms with Crippen LogP contribution in [-0.4, -0.2) is 29.8 Å². The first kappa shape index (κ1) is 13.7. The molecule has 1 aliphatic rings. The molecule has 0 spiro atoms. The van der Waals surface area contributed by atoms with Crippen molar-refractivity contribution in [3.05, 3.63) is 36.0 Å². The van der Waals surface area contributed by atoms with E-state index in [1.54, 1.807) is 0 Å². The van der Waals surface area contributed by atoms with Crippen LogP contribution in [0.25, 0.3) is 0 Å². The molecule has 0 saturated heterocycles. The maximum absolute atomic E-state index is 10.6. The van der Waals surface area contributed by atoms with Gasteiger partial charge >= 0.3 is 5.97 Å². The number of allylic oxidation sites excluding steroid dienone is 3. The Morgan fingerprint density at radius 2 is 2.35 bits per heavy atom. The number of carboxylic acids is 1. The van der Waals surface area contributed by atoms with Crippen molar-refractivity contribution in [2.75, 3.05) is 6.61 Å². The fraction of sp³-hybridized carbons (Fsp3) is 0.462. The topological polar surface area (TPSA) is 72.5 Å². The molecule has 4 nitrogen and oxygen atoms in total. The van der Waals surface area contributed by atoms with E-state index in [9.17, 15) is 4.79 Å². The Kier molecular flexibility index (Phi) is 5.66. The third kappa shape index (κ3) is 4.97. The summed E-state index contributed by atoms with van der Waals surface area (Å²) in [5.74, 6) is -0.980. The predicted molar refractivity (Wildman–Crippen MR) is 66.6 cm³/mol. The SMILES string of the molecule is CCCOC1C=CC=C(CC(N)C(=O)O)C=C1. The molecule has 94 valence electrons. The lowest BCUT2D eigenvalue weighted by Crippen LogP contribution is -2.30. The van der Waals surface area contributed by atoms with Crippen LogP contribution in [0.2, 0.25) is 0 Å². The third-order valence-electron chi connectivity index (χ3n) is 2.40. The number of ether oxygens (including phenoxy) is 1. The summed E-state index contributed by atoms with van der Waals surface area (Å²) in [7, 11) is 0. The van der Waals surface area contributed by atoms with Crippen LogP contribution in [0.3, 0.4) is 0 Å². The number of nitrogens with two attached hydrogens (primary N) is 1. The highest BCUT2D eigenvalue weighted by Gasteiger charge is 2.13. The maximum atomic E-state index is 10.6. The van der Waals surface area contributed by atoms with E-state index in [-0.39, 0.29) is 6.10 Å². The van der Waals surface area contributed by atoms with E-state index in [1.807, 2.05) is 30.4 Å². The van der Waals surface area contributed by atoms with Gasteiger partial charge in [-0.15, -0.1) is 0 Å². The second kappa shape index (κ2) is 7.04. The molecule has 0 aromatic rings.